The number of piperazine rings is 1. The number of hydrogen-bond acceptors (Lipinski definition) is 4. The van der Waals surface area contributed by atoms with E-state index >= 15 is 0 Å². The van der Waals surface area contributed by atoms with Crippen molar-refractivity contribution in [3.05, 3.63) is 0 Å². The van der Waals surface area contributed by atoms with Crippen molar-refractivity contribution in [1.29, 1.82) is 0 Å². The monoisotopic (exact) mass is 220 g/mol. The molecule has 0 aliphatic carbocycles. The zero-order valence-corrected chi connectivity index (χ0v) is 8.92. The Hall–Kier alpha value is -0.170. The number of hydrogen-bond donors (Lipinski definition) is 1. The van der Waals surface area contributed by atoms with E-state index in [1.165, 1.54) is 0 Å². The minimum atomic E-state index is -3.09. The van der Waals surface area contributed by atoms with Crippen molar-refractivity contribution in [2.24, 2.45) is 0 Å². The lowest BCUT2D eigenvalue weighted by Gasteiger charge is -2.28. The van der Waals surface area contributed by atoms with Gasteiger partial charge in [0.2, 0.25) is 10.0 Å². The number of rotatable bonds is 2. The van der Waals surface area contributed by atoms with E-state index in [2.05, 4.69) is 5.32 Å². The zero-order valence-electron chi connectivity index (χ0n) is 8.11. The Kier molecular flexibility index (Phi) is 3.06. The van der Waals surface area contributed by atoms with Crippen LogP contribution in [-0.4, -0.2) is 57.4 Å². The molecule has 82 valence electrons. The molecule has 0 bridgehead atoms. The first-order valence-corrected chi connectivity index (χ1v) is 6.49. The van der Waals surface area contributed by atoms with Gasteiger partial charge in [-0.25, -0.2) is 8.42 Å². The van der Waals surface area contributed by atoms with Crippen LogP contribution >= 0.6 is 0 Å². The fraction of sp³-hybridized carbons (Fsp3) is 1.00. The van der Waals surface area contributed by atoms with Gasteiger partial charge in [0, 0.05) is 32.8 Å². The van der Waals surface area contributed by atoms with E-state index in [0.717, 1.165) is 13.1 Å². The van der Waals surface area contributed by atoms with Crippen molar-refractivity contribution < 1.29 is 13.2 Å². The largest absolute Gasteiger partial charge is 0.380 e. The maximum atomic E-state index is 12.0. The molecule has 6 heteroatoms. The summed E-state index contributed by atoms with van der Waals surface area (Å²) in [4.78, 5) is 0. The fourth-order valence-corrected chi connectivity index (χ4v) is 3.63. The molecule has 14 heavy (non-hydrogen) atoms. The van der Waals surface area contributed by atoms with Crippen LogP contribution in [0, 0.1) is 0 Å². The smallest absolute Gasteiger partial charge is 0.219 e. The van der Waals surface area contributed by atoms with E-state index in [4.69, 9.17) is 4.74 Å². The first-order valence-electron chi connectivity index (χ1n) is 4.99. The summed E-state index contributed by atoms with van der Waals surface area (Å²) >= 11 is 0. The normalized spacial score (nSPS) is 30.7. The highest BCUT2D eigenvalue weighted by Gasteiger charge is 2.35. The molecule has 0 aromatic heterocycles. The van der Waals surface area contributed by atoms with Gasteiger partial charge >= 0.3 is 0 Å². The molecule has 1 unspecified atom stereocenters. The van der Waals surface area contributed by atoms with E-state index < -0.39 is 10.0 Å². The minimum Gasteiger partial charge on any atom is -0.380 e. The molecule has 0 aromatic rings. The van der Waals surface area contributed by atoms with Crippen molar-refractivity contribution in [3.63, 3.8) is 0 Å². The second-order valence-electron chi connectivity index (χ2n) is 3.68. The average Bonchev–Trinajstić information content (AvgIpc) is 2.72. The summed E-state index contributed by atoms with van der Waals surface area (Å²) in [5.74, 6) is 0. The molecule has 2 rings (SSSR count). The molecule has 5 nitrogen and oxygen atoms in total. The lowest BCUT2D eigenvalue weighted by molar-refractivity contribution is 0.197. The third kappa shape index (κ3) is 1.93. The molecule has 2 aliphatic rings. The Morgan fingerprint density at radius 3 is 2.57 bits per heavy atom. The van der Waals surface area contributed by atoms with Crippen LogP contribution in [0.3, 0.4) is 0 Å². The van der Waals surface area contributed by atoms with Crippen LogP contribution < -0.4 is 5.32 Å². The average molecular weight is 220 g/mol. The summed E-state index contributed by atoms with van der Waals surface area (Å²) in [6, 6.07) is 0. The molecule has 2 aliphatic heterocycles. The van der Waals surface area contributed by atoms with Gasteiger partial charge in [0.25, 0.3) is 0 Å². The first-order chi connectivity index (χ1) is 6.71. The van der Waals surface area contributed by atoms with E-state index in [9.17, 15) is 8.42 Å². The molecular formula is C8H16N2O3S. The van der Waals surface area contributed by atoms with Gasteiger partial charge in [-0.15, -0.1) is 0 Å². The second kappa shape index (κ2) is 4.14. The van der Waals surface area contributed by atoms with Crippen LogP contribution in [0.15, 0.2) is 0 Å². The Morgan fingerprint density at radius 1 is 1.29 bits per heavy atom. The van der Waals surface area contributed by atoms with E-state index in [-0.39, 0.29) is 5.25 Å². The number of sulfonamides is 1. The van der Waals surface area contributed by atoms with E-state index in [1.807, 2.05) is 0 Å². The Bertz CT molecular complexity index is 279. The Balaban J connectivity index is 2.05. The molecule has 0 spiro atoms. The van der Waals surface area contributed by atoms with E-state index in [1.54, 1.807) is 4.31 Å². The Morgan fingerprint density at radius 2 is 2.00 bits per heavy atom. The highest BCUT2D eigenvalue weighted by atomic mass is 32.2. The molecule has 2 saturated heterocycles. The quantitative estimate of drug-likeness (QED) is 0.649. The lowest BCUT2D eigenvalue weighted by Crippen LogP contribution is -2.49. The molecule has 1 N–H and O–H groups in total. The molecule has 0 radical (unpaired) electrons. The molecule has 0 amide bonds. The summed E-state index contributed by atoms with van der Waals surface area (Å²) in [7, 11) is -3.09. The van der Waals surface area contributed by atoms with Gasteiger partial charge in [-0.1, -0.05) is 0 Å². The number of ether oxygens (including phenoxy) is 1. The van der Waals surface area contributed by atoms with Crippen molar-refractivity contribution in [1.82, 2.24) is 9.62 Å². The van der Waals surface area contributed by atoms with Crippen LogP contribution in [-0.2, 0) is 14.8 Å². The first kappa shape index (κ1) is 10.4. The molecule has 2 heterocycles. The molecule has 1 atom stereocenters. The summed E-state index contributed by atoms with van der Waals surface area (Å²) in [5.41, 5.74) is 0. The predicted octanol–water partition coefficient (Wildman–Crippen LogP) is -0.990. The topological polar surface area (TPSA) is 58.6 Å². The minimum absolute atomic E-state index is 0.305. The lowest BCUT2D eigenvalue weighted by atomic mass is 10.4. The maximum Gasteiger partial charge on any atom is 0.219 e. The standard InChI is InChI=1S/C8H16N2O3S/c11-14(12,8-1-6-13-7-8)10-4-2-9-3-5-10/h8-9H,1-7H2. The van der Waals surface area contributed by atoms with Gasteiger partial charge in [-0.3, -0.25) is 0 Å². The van der Waals surface area contributed by atoms with Crippen molar-refractivity contribution >= 4 is 10.0 Å². The van der Waals surface area contributed by atoms with Gasteiger partial charge < -0.3 is 10.1 Å². The maximum absolute atomic E-state index is 12.0. The van der Waals surface area contributed by atoms with E-state index in [0.29, 0.717) is 32.7 Å². The molecule has 2 fully saturated rings. The van der Waals surface area contributed by atoms with Crippen molar-refractivity contribution in [2.45, 2.75) is 11.7 Å². The predicted molar refractivity (Wildman–Crippen MR) is 52.6 cm³/mol. The van der Waals surface area contributed by atoms with Crippen LogP contribution in [0.2, 0.25) is 0 Å². The Labute approximate surface area is 84.5 Å². The van der Waals surface area contributed by atoms with Crippen LogP contribution in [0.25, 0.3) is 0 Å². The van der Waals surface area contributed by atoms with Crippen LogP contribution in [0.1, 0.15) is 6.42 Å². The molecule has 0 saturated carbocycles. The van der Waals surface area contributed by atoms with Gasteiger partial charge in [0.15, 0.2) is 0 Å². The summed E-state index contributed by atoms with van der Waals surface area (Å²) in [5, 5.41) is 2.84. The van der Waals surface area contributed by atoms with Crippen molar-refractivity contribution in [2.75, 3.05) is 39.4 Å². The fourth-order valence-electron chi connectivity index (χ4n) is 1.86. The van der Waals surface area contributed by atoms with Crippen LogP contribution in [0.5, 0.6) is 0 Å². The molecular weight excluding hydrogens is 204 g/mol. The number of nitrogens with one attached hydrogen (secondary N) is 1. The number of nitrogens with zero attached hydrogens (tertiary/aromatic N) is 1. The third-order valence-corrected chi connectivity index (χ3v) is 5.04. The van der Waals surface area contributed by atoms with Crippen LogP contribution in [0.4, 0.5) is 0 Å². The van der Waals surface area contributed by atoms with Gasteiger partial charge in [-0.05, 0) is 6.42 Å². The van der Waals surface area contributed by atoms with Gasteiger partial charge in [0.1, 0.15) is 5.25 Å². The highest BCUT2D eigenvalue weighted by Crippen LogP contribution is 2.18. The SMILES string of the molecule is O=S(=O)(C1CCOC1)N1CCNCC1. The van der Waals surface area contributed by atoms with Crippen molar-refractivity contribution in [3.8, 4) is 0 Å². The summed E-state index contributed by atoms with van der Waals surface area (Å²) in [6.07, 6.45) is 0.645. The highest BCUT2D eigenvalue weighted by molar-refractivity contribution is 7.89. The van der Waals surface area contributed by atoms with Gasteiger partial charge in [0.05, 0.1) is 6.61 Å². The second-order valence-corrected chi connectivity index (χ2v) is 5.89. The summed E-state index contributed by atoms with van der Waals surface area (Å²) < 4.78 is 30.7. The zero-order chi connectivity index (χ0) is 10.0. The van der Waals surface area contributed by atoms with Gasteiger partial charge in [-0.2, -0.15) is 4.31 Å². The third-order valence-electron chi connectivity index (χ3n) is 2.74. The molecule has 0 aromatic carbocycles. The summed E-state index contributed by atoms with van der Waals surface area (Å²) in [6.45, 7) is 3.65.